The Kier molecular flexibility index (Phi) is 4.20. The molecule has 0 atom stereocenters. The summed E-state index contributed by atoms with van der Waals surface area (Å²) in [6.07, 6.45) is 2.45. The lowest BCUT2D eigenvalue weighted by Gasteiger charge is -2.27. The van der Waals surface area contributed by atoms with Gasteiger partial charge in [-0.15, -0.1) is 0 Å². The smallest absolute Gasteiger partial charge is 0.240 e. The lowest BCUT2D eigenvalue weighted by Crippen LogP contribution is -2.40. The summed E-state index contributed by atoms with van der Waals surface area (Å²) in [5.74, 6) is 0.248. The topological polar surface area (TPSA) is 78.5 Å². The van der Waals surface area contributed by atoms with Crippen LogP contribution in [0, 0.1) is 5.92 Å². The molecule has 2 aliphatic heterocycles. The number of nitrogens with one attached hydrogen (secondary N) is 2. The molecule has 7 heteroatoms. The molecule has 0 radical (unpaired) electrons. The molecule has 0 aromatic heterocycles. The molecule has 0 saturated carbocycles. The Morgan fingerprint density at radius 2 is 2.05 bits per heavy atom. The summed E-state index contributed by atoms with van der Waals surface area (Å²) >= 11 is 0. The van der Waals surface area contributed by atoms with E-state index in [-0.39, 0.29) is 16.7 Å². The second kappa shape index (κ2) is 5.98. The summed E-state index contributed by atoms with van der Waals surface area (Å²) in [4.78, 5) is 14.7. The van der Waals surface area contributed by atoms with E-state index in [1.807, 2.05) is 4.90 Å². The largest absolute Gasteiger partial charge is 0.317 e. The zero-order chi connectivity index (χ0) is 15.7. The van der Waals surface area contributed by atoms with Crippen molar-refractivity contribution in [3.8, 4) is 0 Å². The fourth-order valence-corrected chi connectivity index (χ4v) is 3.96. The van der Waals surface area contributed by atoms with Crippen molar-refractivity contribution in [3.05, 3.63) is 23.8 Å². The maximum Gasteiger partial charge on any atom is 0.240 e. The van der Waals surface area contributed by atoms with Gasteiger partial charge < -0.3 is 10.2 Å². The van der Waals surface area contributed by atoms with Gasteiger partial charge in [0.25, 0.3) is 0 Å². The average Bonchev–Trinajstić information content (AvgIpc) is 2.98. The van der Waals surface area contributed by atoms with Crippen LogP contribution >= 0.6 is 0 Å². The lowest BCUT2D eigenvalue weighted by molar-refractivity contribution is -0.123. The van der Waals surface area contributed by atoms with E-state index in [0.717, 1.165) is 37.2 Å². The number of hydrogen-bond donors (Lipinski definition) is 2. The first-order valence-corrected chi connectivity index (χ1v) is 9.10. The third-order valence-electron chi connectivity index (χ3n) is 4.48. The molecule has 1 saturated heterocycles. The van der Waals surface area contributed by atoms with Crippen molar-refractivity contribution in [2.24, 2.45) is 5.92 Å². The zero-order valence-electron chi connectivity index (χ0n) is 12.6. The molecule has 1 aromatic rings. The third kappa shape index (κ3) is 2.76. The van der Waals surface area contributed by atoms with Crippen LogP contribution in [0.1, 0.15) is 18.4 Å². The first-order valence-electron chi connectivity index (χ1n) is 7.61. The molecule has 2 aliphatic rings. The summed E-state index contributed by atoms with van der Waals surface area (Å²) in [5, 5.41) is 3.27. The van der Waals surface area contributed by atoms with Crippen LogP contribution in [0.4, 0.5) is 5.69 Å². The third-order valence-corrected chi connectivity index (χ3v) is 5.89. The lowest BCUT2D eigenvalue weighted by atomic mass is 9.96. The van der Waals surface area contributed by atoms with Crippen molar-refractivity contribution >= 4 is 21.6 Å². The zero-order valence-corrected chi connectivity index (χ0v) is 13.4. The second-order valence-corrected chi connectivity index (χ2v) is 7.65. The Balaban J connectivity index is 1.84. The maximum absolute atomic E-state index is 12.7. The van der Waals surface area contributed by atoms with Crippen LogP contribution in [-0.2, 0) is 21.2 Å². The molecular weight excluding hydrogens is 302 g/mol. The Morgan fingerprint density at radius 3 is 2.73 bits per heavy atom. The molecule has 0 bridgehead atoms. The Morgan fingerprint density at radius 1 is 1.32 bits per heavy atom. The molecule has 2 heterocycles. The van der Waals surface area contributed by atoms with Gasteiger partial charge in [-0.25, -0.2) is 13.1 Å². The predicted molar refractivity (Wildman–Crippen MR) is 84.3 cm³/mol. The molecule has 3 rings (SSSR count). The van der Waals surface area contributed by atoms with E-state index >= 15 is 0 Å². The minimum atomic E-state index is -3.44. The highest BCUT2D eigenvalue weighted by molar-refractivity contribution is 7.89. The van der Waals surface area contributed by atoms with Gasteiger partial charge in [-0.2, -0.15) is 0 Å². The highest BCUT2D eigenvalue weighted by Crippen LogP contribution is 2.32. The van der Waals surface area contributed by atoms with Crippen molar-refractivity contribution in [1.29, 1.82) is 0 Å². The number of hydrogen-bond acceptors (Lipinski definition) is 4. The molecule has 1 fully saturated rings. The summed E-state index contributed by atoms with van der Waals surface area (Å²) < 4.78 is 26.0. The summed E-state index contributed by atoms with van der Waals surface area (Å²) in [7, 11) is -2.04. The highest BCUT2D eigenvalue weighted by Gasteiger charge is 2.31. The number of sulfonamides is 1. The van der Waals surface area contributed by atoms with E-state index in [1.165, 1.54) is 7.05 Å². The number of fused-ring (bicyclic) bond motifs is 1. The van der Waals surface area contributed by atoms with Crippen LogP contribution in [0.5, 0.6) is 0 Å². The number of amides is 1. The Bertz CT molecular complexity index is 681. The van der Waals surface area contributed by atoms with E-state index in [0.29, 0.717) is 13.0 Å². The number of anilines is 1. The molecule has 0 unspecified atom stereocenters. The van der Waals surface area contributed by atoms with Crippen LogP contribution in [0.15, 0.2) is 23.1 Å². The fourth-order valence-electron chi connectivity index (χ4n) is 3.18. The SMILES string of the molecule is CNS(=O)(=O)c1ccc2c(c1)CCN2C(=O)C1CCNCC1. The number of nitrogens with zero attached hydrogens (tertiary/aromatic N) is 1. The van der Waals surface area contributed by atoms with Crippen LogP contribution in [-0.4, -0.2) is 41.0 Å². The molecule has 22 heavy (non-hydrogen) atoms. The maximum atomic E-state index is 12.7. The summed E-state index contributed by atoms with van der Waals surface area (Å²) in [6.45, 7) is 2.41. The minimum absolute atomic E-state index is 0.0768. The van der Waals surface area contributed by atoms with Crippen LogP contribution in [0.2, 0.25) is 0 Å². The average molecular weight is 323 g/mol. The normalized spacial score (nSPS) is 19.2. The van der Waals surface area contributed by atoms with E-state index in [2.05, 4.69) is 10.0 Å². The molecule has 2 N–H and O–H groups in total. The quantitative estimate of drug-likeness (QED) is 0.848. The summed E-state index contributed by atoms with van der Waals surface area (Å²) in [5.41, 5.74) is 1.79. The van der Waals surface area contributed by atoms with Crippen LogP contribution in [0.3, 0.4) is 0 Å². The van der Waals surface area contributed by atoms with Gasteiger partial charge in [0.05, 0.1) is 4.90 Å². The standard InChI is InChI=1S/C15H21N3O3S/c1-16-22(20,21)13-2-3-14-12(10-13)6-9-18(14)15(19)11-4-7-17-8-5-11/h2-3,10-11,16-17H,4-9H2,1H3. The number of benzene rings is 1. The van der Waals surface area contributed by atoms with Crippen molar-refractivity contribution in [3.63, 3.8) is 0 Å². The molecule has 0 aliphatic carbocycles. The van der Waals surface area contributed by atoms with Crippen molar-refractivity contribution in [2.75, 3.05) is 31.6 Å². The molecule has 120 valence electrons. The molecule has 6 nitrogen and oxygen atoms in total. The Labute approximate surface area is 130 Å². The van der Waals surface area contributed by atoms with Crippen LogP contribution < -0.4 is 14.9 Å². The monoisotopic (exact) mass is 323 g/mol. The first-order chi connectivity index (χ1) is 10.5. The van der Waals surface area contributed by atoms with Gasteiger partial charge in [0.15, 0.2) is 0 Å². The predicted octanol–water partition coefficient (Wildman–Crippen LogP) is 0.483. The van der Waals surface area contributed by atoms with Crippen molar-refractivity contribution < 1.29 is 13.2 Å². The van der Waals surface area contributed by atoms with Gasteiger partial charge in [0.1, 0.15) is 0 Å². The second-order valence-electron chi connectivity index (χ2n) is 5.76. The van der Waals surface area contributed by atoms with Gasteiger partial charge in [-0.05, 0) is 63.2 Å². The number of carbonyl (C=O) groups is 1. The first kappa shape index (κ1) is 15.5. The van der Waals surface area contributed by atoms with E-state index in [9.17, 15) is 13.2 Å². The van der Waals surface area contributed by atoms with Gasteiger partial charge in [0, 0.05) is 18.2 Å². The molecule has 0 spiro atoms. The van der Waals surface area contributed by atoms with E-state index in [1.54, 1.807) is 18.2 Å². The van der Waals surface area contributed by atoms with E-state index < -0.39 is 10.0 Å². The minimum Gasteiger partial charge on any atom is -0.317 e. The fraction of sp³-hybridized carbons (Fsp3) is 0.533. The molecule has 1 aromatic carbocycles. The number of rotatable bonds is 3. The summed E-state index contributed by atoms with van der Waals surface area (Å²) in [6, 6.07) is 5.00. The van der Waals surface area contributed by atoms with Crippen molar-refractivity contribution in [1.82, 2.24) is 10.0 Å². The number of piperidine rings is 1. The van der Waals surface area contributed by atoms with Crippen LogP contribution in [0.25, 0.3) is 0 Å². The molecule has 1 amide bonds. The van der Waals surface area contributed by atoms with Gasteiger partial charge in [0.2, 0.25) is 15.9 Å². The van der Waals surface area contributed by atoms with Gasteiger partial charge >= 0.3 is 0 Å². The van der Waals surface area contributed by atoms with Crippen molar-refractivity contribution in [2.45, 2.75) is 24.2 Å². The van der Waals surface area contributed by atoms with Gasteiger partial charge in [-0.1, -0.05) is 0 Å². The molecular formula is C15H21N3O3S. The Hall–Kier alpha value is -1.44. The van der Waals surface area contributed by atoms with E-state index in [4.69, 9.17) is 0 Å². The number of carbonyl (C=O) groups excluding carboxylic acids is 1. The van der Waals surface area contributed by atoms with Gasteiger partial charge in [-0.3, -0.25) is 4.79 Å². The highest BCUT2D eigenvalue weighted by atomic mass is 32.2.